The van der Waals surface area contributed by atoms with Gasteiger partial charge in [0.25, 0.3) is 0 Å². The van der Waals surface area contributed by atoms with Crippen LogP contribution in [0, 0.1) is 13.8 Å². The van der Waals surface area contributed by atoms with Crippen molar-refractivity contribution in [2.24, 2.45) is 0 Å². The third-order valence-corrected chi connectivity index (χ3v) is 5.48. The number of piperazine rings is 1. The molecule has 2 aromatic carbocycles. The Hall–Kier alpha value is -1.91. The third kappa shape index (κ3) is 5.05. The van der Waals surface area contributed by atoms with Crippen molar-refractivity contribution >= 4 is 27.9 Å². The van der Waals surface area contributed by atoms with Crippen LogP contribution in [0.5, 0.6) is 0 Å². The number of hydrogen-bond donors (Lipinski definition) is 0. The van der Waals surface area contributed by atoms with Gasteiger partial charge in [0.05, 0.1) is 0 Å². The lowest BCUT2D eigenvalue weighted by Gasteiger charge is -2.34. The van der Waals surface area contributed by atoms with Crippen LogP contribution >= 0.6 is 15.9 Å². The second-order valence-corrected chi connectivity index (χ2v) is 7.82. The molecule has 26 heavy (non-hydrogen) atoms. The predicted molar refractivity (Wildman–Crippen MR) is 111 cm³/mol. The van der Waals surface area contributed by atoms with Gasteiger partial charge in [-0.15, -0.1) is 0 Å². The van der Waals surface area contributed by atoms with Crippen LogP contribution in [0.4, 0.5) is 0 Å². The first-order valence-corrected chi connectivity index (χ1v) is 9.81. The molecule has 1 fully saturated rings. The average molecular weight is 413 g/mol. The lowest BCUT2D eigenvalue weighted by atomic mass is 10.1. The normalized spacial score (nSPS) is 15.6. The van der Waals surface area contributed by atoms with Crippen LogP contribution in [0.1, 0.15) is 22.3 Å². The molecule has 1 aliphatic heterocycles. The molecule has 2 aromatic rings. The van der Waals surface area contributed by atoms with E-state index in [1.807, 2.05) is 35.2 Å². The number of carbonyl (C=O) groups is 1. The van der Waals surface area contributed by atoms with Gasteiger partial charge >= 0.3 is 0 Å². The monoisotopic (exact) mass is 412 g/mol. The summed E-state index contributed by atoms with van der Waals surface area (Å²) in [5.41, 5.74) is 5.06. The summed E-state index contributed by atoms with van der Waals surface area (Å²) in [4.78, 5) is 16.8. The van der Waals surface area contributed by atoms with Crippen molar-refractivity contribution in [2.45, 2.75) is 20.4 Å². The molecule has 1 amide bonds. The standard InChI is InChI=1S/C22H25BrN2O/c1-17-3-4-20(15-18(17)2)16-24-11-13-25(14-12-24)22(26)10-7-19-5-8-21(23)9-6-19/h3-10,15H,11-14,16H2,1-2H3/b10-7+. The quantitative estimate of drug-likeness (QED) is 0.693. The van der Waals surface area contributed by atoms with Crippen LogP contribution in [0.3, 0.4) is 0 Å². The fourth-order valence-corrected chi connectivity index (χ4v) is 3.40. The van der Waals surface area contributed by atoms with Crippen LogP contribution < -0.4 is 0 Å². The van der Waals surface area contributed by atoms with E-state index < -0.39 is 0 Å². The van der Waals surface area contributed by atoms with Gasteiger partial charge in [-0.05, 0) is 54.3 Å². The Morgan fingerprint density at radius 1 is 1.00 bits per heavy atom. The van der Waals surface area contributed by atoms with E-state index in [9.17, 15) is 4.79 Å². The fourth-order valence-electron chi connectivity index (χ4n) is 3.13. The Morgan fingerprint density at radius 3 is 2.35 bits per heavy atom. The summed E-state index contributed by atoms with van der Waals surface area (Å²) in [5, 5.41) is 0. The molecule has 0 aromatic heterocycles. The molecule has 0 unspecified atom stereocenters. The minimum atomic E-state index is 0.0961. The number of benzene rings is 2. The highest BCUT2D eigenvalue weighted by Gasteiger charge is 2.19. The maximum absolute atomic E-state index is 12.4. The highest BCUT2D eigenvalue weighted by Crippen LogP contribution is 2.14. The summed E-state index contributed by atoms with van der Waals surface area (Å²) < 4.78 is 1.04. The number of rotatable bonds is 4. The number of nitrogens with zero attached hydrogens (tertiary/aromatic N) is 2. The summed E-state index contributed by atoms with van der Waals surface area (Å²) in [6.45, 7) is 8.68. The van der Waals surface area contributed by atoms with Crippen molar-refractivity contribution in [3.05, 3.63) is 75.3 Å². The van der Waals surface area contributed by atoms with Crippen molar-refractivity contribution < 1.29 is 4.79 Å². The van der Waals surface area contributed by atoms with E-state index >= 15 is 0 Å². The van der Waals surface area contributed by atoms with Gasteiger partial charge < -0.3 is 4.90 Å². The second-order valence-electron chi connectivity index (χ2n) is 6.90. The fraction of sp³-hybridized carbons (Fsp3) is 0.318. The zero-order chi connectivity index (χ0) is 18.5. The van der Waals surface area contributed by atoms with Crippen molar-refractivity contribution in [3.8, 4) is 0 Å². The van der Waals surface area contributed by atoms with E-state index in [0.29, 0.717) is 0 Å². The summed E-state index contributed by atoms with van der Waals surface area (Å²) in [6, 6.07) is 14.6. The minimum absolute atomic E-state index is 0.0961. The van der Waals surface area contributed by atoms with Crippen LogP contribution in [0.25, 0.3) is 6.08 Å². The van der Waals surface area contributed by atoms with Crippen LogP contribution in [0.15, 0.2) is 53.0 Å². The molecule has 1 heterocycles. The van der Waals surface area contributed by atoms with Crippen LogP contribution in [-0.4, -0.2) is 41.9 Å². The van der Waals surface area contributed by atoms with Gasteiger partial charge in [0.2, 0.25) is 5.91 Å². The van der Waals surface area contributed by atoms with E-state index in [4.69, 9.17) is 0 Å². The summed E-state index contributed by atoms with van der Waals surface area (Å²) in [7, 11) is 0. The molecule has 136 valence electrons. The lowest BCUT2D eigenvalue weighted by Crippen LogP contribution is -2.47. The van der Waals surface area contributed by atoms with E-state index in [-0.39, 0.29) is 5.91 Å². The molecule has 0 radical (unpaired) electrons. The van der Waals surface area contributed by atoms with E-state index in [2.05, 4.69) is 52.9 Å². The summed E-state index contributed by atoms with van der Waals surface area (Å²) in [5.74, 6) is 0.0961. The first-order valence-electron chi connectivity index (χ1n) is 9.02. The topological polar surface area (TPSA) is 23.6 Å². The number of aryl methyl sites for hydroxylation is 2. The third-order valence-electron chi connectivity index (χ3n) is 4.95. The number of amides is 1. The Morgan fingerprint density at radius 2 is 1.69 bits per heavy atom. The number of hydrogen-bond acceptors (Lipinski definition) is 2. The predicted octanol–water partition coefficient (Wildman–Crippen LogP) is 4.42. The average Bonchev–Trinajstić information content (AvgIpc) is 2.65. The Kier molecular flexibility index (Phi) is 6.28. The highest BCUT2D eigenvalue weighted by molar-refractivity contribution is 9.10. The minimum Gasteiger partial charge on any atom is -0.337 e. The molecule has 0 bridgehead atoms. The van der Waals surface area contributed by atoms with Gasteiger partial charge in [-0.3, -0.25) is 9.69 Å². The zero-order valence-electron chi connectivity index (χ0n) is 15.4. The molecule has 0 spiro atoms. The molecule has 1 saturated heterocycles. The van der Waals surface area contributed by atoms with Crippen molar-refractivity contribution in [1.82, 2.24) is 9.80 Å². The smallest absolute Gasteiger partial charge is 0.246 e. The maximum atomic E-state index is 12.4. The van der Waals surface area contributed by atoms with Gasteiger partial charge in [0.15, 0.2) is 0 Å². The molecule has 3 rings (SSSR count). The first-order chi connectivity index (χ1) is 12.5. The number of halogens is 1. The molecule has 0 atom stereocenters. The van der Waals surface area contributed by atoms with Crippen molar-refractivity contribution in [3.63, 3.8) is 0 Å². The molecule has 4 heteroatoms. The Balaban J connectivity index is 1.50. The first kappa shape index (κ1) is 18.9. The summed E-state index contributed by atoms with van der Waals surface area (Å²) in [6.07, 6.45) is 3.57. The molecule has 3 nitrogen and oxygen atoms in total. The molecule has 0 N–H and O–H groups in total. The van der Waals surface area contributed by atoms with Gasteiger partial charge in [-0.2, -0.15) is 0 Å². The zero-order valence-corrected chi connectivity index (χ0v) is 17.0. The largest absolute Gasteiger partial charge is 0.337 e. The summed E-state index contributed by atoms with van der Waals surface area (Å²) >= 11 is 3.42. The van der Waals surface area contributed by atoms with Crippen LogP contribution in [-0.2, 0) is 11.3 Å². The van der Waals surface area contributed by atoms with Crippen molar-refractivity contribution in [1.29, 1.82) is 0 Å². The second kappa shape index (κ2) is 8.65. The lowest BCUT2D eigenvalue weighted by molar-refractivity contribution is -0.127. The molecular formula is C22H25BrN2O. The Bertz CT molecular complexity index is 790. The van der Waals surface area contributed by atoms with E-state index in [1.54, 1.807) is 6.08 Å². The molecule has 1 aliphatic rings. The highest BCUT2D eigenvalue weighted by atomic mass is 79.9. The van der Waals surface area contributed by atoms with Gasteiger partial charge in [0.1, 0.15) is 0 Å². The van der Waals surface area contributed by atoms with E-state index in [1.165, 1.54) is 16.7 Å². The van der Waals surface area contributed by atoms with Gasteiger partial charge in [0, 0.05) is 43.3 Å². The molecular weight excluding hydrogens is 388 g/mol. The van der Waals surface area contributed by atoms with Crippen LogP contribution in [0.2, 0.25) is 0 Å². The maximum Gasteiger partial charge on any atom is 0.246 e. The van der Waals surface area contributed by atoms with E-state index in [0.717, 1.165) is 42.8 Å². The van der Waals surface area contributed by atoms with Crippen molar-refractivity contribution in [2.75, 3.05) is 26.2 Å². The molecule has 0 aliphatic carbocycles. The van der Waals surface area contributed by atoms with Gasteiger partial charge in [-0.25, -0.2) is 0 Å². The SMILES string of the molecule is Cc1ccc(CN2CCN(C(=O)/C=C/c3ccc(Br)cc3)CC2)cc1C. The molecule has 0 saturated carbocycles. The van der Waals surface area contributed by atoms with Gasteiger partial charge in [-0.1, -0.05) is 46.3 Å². The number of carbonyl (C=O) groups excluding carboxylic acids is 1. The Labute approximate surface area is 164 Å².